The van der Waals surface area contributed by atoms with Gasteiger partial charge in [-0.15, -0.1) is 15.0 Å². The Hall–Kier alpha value is -1.95. The number of piperidine rings is 1. The van der Waals surface area contributed by atoms with Crippen molar-refractivity contribution in [1.29, 1.82) is 0 Å². The smallest absolute Gasteiger partial charge is 0.225 e. The summed E-state index contributed by atoms with van der Waals surface area (Å²) in [5.74, 6) is 1.43. The van der Waals surface area contributed by atoms with Crippen molar-refractivity contribution in [2.75, 3.05) is 13.1 Å². The number of carbonyl (C=O) groups is 1. The number of amides is 1. The van der Waals surface area contributed by atoms with E-state index in [1.54, 1.807) is 0 Å². The molecule has 0 radical (unpaired) electrons. The normalized spacial score (nSPS) is 21.6. The Balaban J connectivity index is 1.47. The van der Waals surface area contributed by atoms with Crippen LogP contribution in [0.1, 0.15) is 50.3 Å². The first-order chi connectivity index (χ1) is 12.2. The topological polar surface area (TPSA) is 63.9 Å². The maximum absolute atomic E-state index is 12.7. The number of aromatic nitrogens is 4. The van der Waals surface area contributed by atoms with Crippen molar-refractivity contribution < 1.29 is 4.79 Å². The van der Waals surface area contributed by atoms with Crippen molar-refractivity contribution in [3.05, 3.63) is 35.1 Å². The van der Waals surface area contributed by atoms with Gasteiger partial charge in [0.25, 0.3) is 0 Å². The van der Waals surface area contributed by atoms with Gasteiger partial charge in [0.15, 0.2) is 5.82 Å². The molecule has 1 unspecified atom stereocenters. The molecular formula is C18H22ClN5O. The Morgan fingerprint density at radius 3 is 2.80 bits per heavy atom. The van der Waals surface area contributed by atoms with Crippen molar-refractivity contribution in [2.45, 2.75) is 44.4 Å². The van der Waals surface area contributed by atoms with E-state index in [2.05, 4.69) is 15.4 Å². The van der Waals surface area contributed by atoms with E-state index in [0.29, 0.717) is 23.3 Å². The highest BCUT2D eigenvalue weighted by atomic mass is 35.5. The Morgan fingerprint density at radius 1 is 1.16 bits per heavy atom. The third kappa shape index (κ3) is 3.54. The predicted octanol–water partition coefficient (Wildman–Crippen LogP) is 3.21. The van der Waals surface area contributed by atoms with Gasteiger partial charge in [-0.05, 0) is 49.1 Å². The molecular weight excluding hydrogens is 338 g/mol. The molecule has 0 spiro atoms. The Morgan fingerprint density at radius 2 is 2.00 bits per heavy atom. The summed E-state index contributed by atoms with van der Waals surface area (Å²) in [6.45, 7) is 1.56. The van der Waals surface area contributed by atoms with Crippen LogP contribution in [0.3, 0.4) is 0 Å². The molecule has 2 heterocycles. The Kier molecular flexibility index (Phi) is 4.70. The summed E-state index contributed by atoms with van der Waals surface area (Å²) < 4.78 is 0. The minimum absolute atomic E-state index is 0.159. The Labute approximate surface area is 152 Å². The number of likely N-dealkylation sites (tertiary alicyclic amines) is 1. The Bertz CT molecular complexity index is 755. The molecule has 25 heavy (non-hydrogen) atoms. The number of nitrogens with zero attached hydrogens (tertiary/aromatic N) is 5. The van der Waals surface area contributed by atoms with Crippen LogP contribution in [0.25, 0.3) is 5.69 Å². The number of benzene rings is 1. The van der Waals surface area contributed by atoms with Crippen LogP contribution in [0.15, 0.2) is 24.3 Å². The zero-order valence-corrected chi connectivity index (χ0v) is 14.9. The highest BCUT2D eigenvalue weighted by molar-refractivity contribution is 6.30. The van der Waals surface area contributed by atoms with Crippen LogP contribution in [0.4, 0.5) is 0 Å². The number of carbonyl (C=O) groups excluding carboxylic acids is 1. The molecule has 2 fully saturated rings. The maximum Gasteiger partial charge on any atom is 0.225 e. The number of halogens is 1. The minimum atomic E-state index is 0.159. The molecule has 1 atom stereocenters. The third-order valence-electron chi connectivity index (χ3n) is 5.27. The fraction of sp³-hybridized carbons (Fsp3) is 0.556. The van der Waals surface area contributed by atoms with Crippen LogP contribution >= 0.6 is 11.6 Å². The standard InChI is InChI=1S/C18H22ClN5O/c19-15-8-3-9-16(11-15)24-21-17(20-22-24)14-7-4-10-23(12-14)18(25)13-5-1-2-6-13/h3,8-9,11,13-14H,1-2,4-7,10,12H2. The van der Waals surface area contributed by atoms with E-state index < -0.39 is 0 Å². The number of hydrogen-bond donors (Lipinski definition) is 0. The highest BCUT2D eigenvalue weighted by Gasteiger charge is 2.32. The van der Waals surface area contributed by atoms with Crippen LogP contribution in [-0.4, -0.2) is 44.1 Å². The highest BCUT2D eigenvalue weighted by Crippen LogP contribution is 2.30. The summed E-state index contributed by atoms with van der Waals surface area (Å²) in [6, 6.07) is 7.39. The molecule has 1 aliphatic carbocycles. The van der Waals surface area contributed by atoms with Crippen molar-refractivity contribution in [3.63, 3.8) is 0 Å². The minimum Gasteiger partial charge on any atom is -0.342 e. The summed E-state index contributed by atoms with van der Waals surface area (Å²) in [5, 5.41) is 13.6. The molecule has 1 amide bonds. The fourth-order valence-corrected chi connectivity index (χ4v) is 4.10. The SMILES string of the molecule is O=C(C1CCCC1)N1CCCC(c2nnn(-c3cccc(Cl)c3)n2)C1. The van der Waals surface area contributed by atoms with E-state index in [4.69, 9.17) is 11.6 Å². The fourth-order valence-electron chi connectivity index (χ4n) is 3.92. The van der Waals surface area contributed by atoms with Gasteiger partial charge in [-0.25, -0.2) is 0 Å². The van der Waals surface area contributed by atoms with Gasteiger partial charge < -0.3 is 4.90 Å². The van der Waals surface area contributed by atoms with Crippen molar-refractivity contribution in [1.82, 2.24) is 25.1 Å². The third-order valence-corrected chi connectivity index (χ3v) is 5.51. The molecule has 1 aromatic carbocycles. The zero-order valence-electron chi connectivity index (χ0n) is 14.1. The molecule has 132 valence electrons. The van der Waals surface area contributed by atoms with Gasteiger partial charge in [0.1, 0.15) is 0 Å². The number of hydrogen-bond acceptors (Lipinski definition) is 4. The van der Waals surface area contributed by atoms with Crippen LogP contribution in [0, 0.1) is 5.92 Å². The molecule has 4 rings (SSSR count). The second-order valence-electron chi connectivity index (χ2n) is 7.02. The molecule has 7 heteroatoms. The first-order valence-corrected chi connectivity index (χ1v) is 9.43. The first-order valence-electron chi connectivity index (χ1n) is 9.05. The molecule has 1 saturated heterocycles. The van der Waals surface area contributed by atoms with Crippen LogP contribution in [0.5, 0.6) is 0 Å². The van der Waals surface area contributed by atoms with Crippen molar-refractivity contribution >= 4 is 17.5 Å². The van der Waals surface area contributed by atoms with E-state index in [9.17, 15) is 4.79 Å². The molecule has 6 nitrogen and oxygen atoms in total. The van der Waals surface area contributed by atoms with Gasteiger partial charge in [-0.2, -0.15) is 0 Å². The molecule has 2 aliphatic rings. The van der Waals surface area contributed by atoms with Gasteiger partial charge in [0.2, 0.25) is 5.91 Å². The molecule has 0 N–H and O–H groups in total. The summed E-state index contributed by atoms with van der Waals surface area (Å²) in [6.07, 6.45) is 6.45. The monoisotopic (exact) mass is 359 g/mol. The van der Waals surface area contributed by atoms with E-state index in [-0.39, 0.29) is 11.8 Å². The van der Waals surface area contributed by atoms with Crippen LogP contribution in [0.2, 0.25) is 5.02 Å². The number of rotatable bonds is 3. The predicted molar refractivity (Wildman–Crippen MR) is 94.7 cm³/mol. The molecule has 1 saturated carbocycles. The quantitative estimate of drug-likeness (QED) is 0.844. The largest absolute Gasteiger partial charge is 0.342 e. The summed E-state index contributed by atoms with van der Waals surface area (Å²) in [7, 11) is 0. The molecule has 0 bridgehead atoms. The molecule has 1 aliphatic heterocycles. The zero-order chi connectivity index (χ0) is 17.2. The van der Waals surface area contributed by atoms with Gasteiger partial charge in [0, 0.05) is 29.9 Å². The lowest BCUT2D eigenvalue weighted by Crippen LogP contribution is -2.42. The lowest BCUT2D eigenvalue weighted by molar-refractivity contribution is -0.136. The van der Waals surface area contributed by atoms with E-state index in [1.807, 2.05) is 29.2 Å². The van der Waals surface area contributed by atoms with Crippen molar-refractivity contribution in [2.24, 2.45) is 5.92 Å². The van der Waals surface area contributed by atoms with E-state index >= 15 is 0 Å². The second kappa shape index (κ2) is 7.12. The molecule has 2 aromatic rings. The maximum atomic E-state index is 12.7. The van der Waals surface area contributed by atoms with Crippen LogP contribution < -0.4 is 0 Å². The number of tetrazole rings is 1. The van der Waals surface area contributed by atoms with Crippen LogP contribution in [-0.2, 0) is 4.79 Å². The van der Waals surface area contributed by atoms with E-state index in [1.165, 1.54) is 17.6 Å². The van der Waals surface area contributed by atoms with Gasteiger partial charge in [-0.3, -0.25) is 4.79 Å². The average Bonchev–Trinajstić information content (AvgIpc) is 3.33. The van der Waals surface area contributed by atoms with Gasteiger partial charge in [-0.1, -0.05) is 30.5 Å². The summed E-state index contributed by atoms with van der Waals surface area (Å²) in [5.41, 5.74) is 0.793. The summed E-state index contributed by atoms with van der Waals surface area (Å²) in [4.78, 5) is 16.2. The molecule has 1 aromatic heterocycles. The summed E-state index contributed by atoms with van der Waals surface area (Å²) >= 11 is 6.03. The average molecular weight is 360 g/mol. The second-order valence-corrected chi connectivity index (χ2v) is 7.46. The lowest BCUT2D eigenvalue weighted by atomic mass is 9.95. The lowest BCUT2D eigenvalue weighted by Gasteiger charge is -2.33. The first kappa shape index (κ1) is 16.5. The van der Waals surface area contributed by atoms with Gasteiger partial charge in [0.05, 0.1) is 5.69 Å². The van der Waals surface area contributed by atoms with Crippen molar-refractivity contribution in [3.8, 4) is 5.69 Å². The van der Waals surface area contributed by atoms with Gasteiger partial charge >= 0.3 is 0 Å². The van der Waals surface area contributed by atoms with E-state index in [0.717, 1.165) is 37.9 Å².